The van der Waals surface area contributed by atoms with E-state index in [0.29, 0.717) is 23.7 Å². The Morgan fingerprint density at radius 2 is 2.19 bits per heavy atom. The second kappa shape index (κ2) is 7.20. The first-order valence-corrected chi connectivity index (χ1v) is 7.83. The third-order valence-electron chi connectivity index (χ3n) is 4.19. The number of benzene rings is 1. The number of nitrogens with zero attached hydrogens (tertiary/aromatic N) is 2. The van der Waals surface area contributed by atoms with Crippen molar-refractivity contribution in [3.63, 3.8) is 0 Å². The number of nitro benzene ring substituents is 1. The van der Waals surface area contributed by atoms with Crippen molar-refractivity contribution in [1.29, 1.82) is 0 Å². The highest BCUT2D eigenvalue weighted by Crippen LogP contribution is 2.26. The molecule has 0 aromatic heterocycles. The molecule has 1 N–H and O–H groups in total. The summed E-state index contributed by atoms with van der Waals surface area (Å²) in [6, 6.07) is 5.82. The van der Waals surface area contributed by atoms with Gasteiger partial charge >= 0.3 is 0 Å². The van der Waals surface area contributed by atoms with E-state index in [1.165, 1.54) is 6.07 Å². The highest BCUT2D eigenvalue weighted by molar-refractivity contribution is 6.30. The number of halogens is 1. The summed E-state index contributed by atoms with van der Waals surface area (Å²) in [6.07, 6.45) is 2.10. The van der Waals surface area contributed by atoms with Crippen LogP contribution in [0.5, 0.6) is 0 Å². The first-order chi connectivity index (χ1) is 10.0. The largest absolute Gasteiger partial charge is 0.311 e. The van der Waals surface area contributed by atoms with Gasteiger partial charge in [0.15, 0.2) is 0 Å². The summed E-state index contributed by atoms with van der Waals surface area (Å²) in [7, 11) is 0. The fourth-order valence-electron chi connectivity index (χ4n) is 2.86. The molecule has 1 aromatic rings. The monoisotopic (exact) mass is 311 g/mol. The number of hydrogen-bond acceptors (Lipinski definition) is 4. The maximum Gasteiger partial charge on any atom is 0.275 e. The van der Waals surface area contributed by atoms with Crippen molar-refractivity contribution in [2.24, 2.45) is 0 Å². The van der Waals surface area contributed by atoms with Gasteiger partial charge in [-0.25, -0.2) is 0 Å². The Kier molecular flexibility index (Phi) is 5.56. The van der Waals surface area contributed by atoms with E-state index in [2.05, 4.69) is 24.1 Å². The predicted molar refractivity (Wildman–Crippen MR) is 84.7 cm³/mol. The molecule has 0 amide bonds. The van der Waals surface area contributed by atoms with Gasteiger partial charge in [0.1, 0.15) is 0 Å². The molecule has 0 saturated carbocycles. The normalized spacial score (nSPS) is 23.2. The molecule has 6 heteroatoms. The summed E-state index contributed by atoms with van der Waals surface area (Å²) in [5.41, 5.74) is 0.850. The van der Waals surface area contributed by atoms with E-state index < -0.39 is 0 Å². The van der Waals surface area contributed by atoms with Gasteiger partial charge in [-0.15, -0.1) is 0 Å². The molecular formula is C15H22ClN3O2. The molecule has 2 rings (SSSR count). The van der Waals surface area contributed by atoms with Crippen LogP contribution in [0.15, 0.2) is 18.2 Å². The summed E-state index contributed by atoms with van der Waals surface area (Å²) < 4.78 is 0. The zero-order valence-electron chi connectivity index (χ0n) is 12.5. The van der Waals surface area contributed by atoms with Crippen molar-refractivity contribution in [3.8, 4) is 0 Å². The van der Waals surface area contributed by atoms with Crippen LogP contribution in [-0.2, 0) is 6.54 Å². The fraction of sp³-hybridized carbons (Fsp3) is 0.600. The average Bonchev–Trinajstić information content (AvgIpc) is 2.48. The third kappa shape index (κ3) is 3.93. The summed E-state index contributed by atoms with van der Waals surface area (Å²) in [5.74, 6) is 0. The van der Waals surface area contributed by atoms with Gasteiger partial charge in [0.05, 0.1) is 4.92 Å². The van der Waals surface area contributed by atoms with Crippen molar-refractivity contribution in [2.75, 3.05) is 13.1 Å². The summed E-state index contributed by atoms with van der Waals surface area (Å²) >= 11 is 5.88. The van der Waals surface area contributed by atoms with Gasteiger partial charge in [-0.05, 0) is 25.0 Å². The van der Waals surface area contributed by atoms with Gasteiger partial charge < -0.3 is 5.32 Å². The zero-order chi connectivity index (χ0) is 15.4. The molecule has 1 saturated heterocycles. The SMILES string of the molecule is CCC1CN(Cc2ccc(Cl)cc2[N+](=O)[O-])C(CC)CN1. The Labute approximate surface area is 130 Å². The molecule has 2 unspecified atom stereocenters. The Hall–Kier alpha value is -1.17. The Balaban J connectivity index is 2.20. The van der Waals surface area contributed by atoms with Gasteiger partial charge in [0.25, 0.3) is 5.69 Å². The number of nitrogens with one attached hydrogen (secondary N) is 1. The van der Waals surface area contributed by atoms with Crippen LogP contribution in [0.25, 0.3) is 0 Å². The fourth-order valence-corrected chi connectivity index (χ4v) is 3.02. The minimum absolute atomic E-state index is 0.115. The van der Waals surface area contributed by atoms with E-state index in [9.17, 15) is 10.1 Å². The molecule has 1 aromatic carbocycles. The van der Waals surface area contributed by atoms with E-state index in [1.807, 2.05) is 0 Å². The third-order valence-corrected chi connectivity index (χ3v) is 4.43. The highest BCUT2D eigenvalue weighted by Gasteiger charge is 2.27. The second-order valence-electron chi connectivity index (χ2n) is 5.54. The van der Waals surface area contributed by atoms with Gasteiger partial charge in [0, 0.05) is 48.4 Å². The minimum atomic E-state index is -0.346. The van der Waals surface area contributed by atoms with Crippen LogP contribution in [0, 0.1) is 10.1 Å². The summed E-state index contributed by atoms with van der Waals surface area (Å²) in [5, 5.41) is 15.1. The topological polar surface area (TPSA) is 58.4 Å². The van der Waals surface area contributed by atoms with Crippen LogP contribution >= 0.6 is 11.6 Å². The molecule has 2 atom stereocenters. The molecule has 0 bridgehead atoms. The average molecular weight is 312 g/mol. The molecule has 116 valence electrons. The van der Waals surface area contributed by atoms with Crippen molar-refractivity contribution in [1.82, 2.24) is 10.2 Å². The first kappa shape index (κ1) is 16.2. The molecule has 1 aliphatic rings. The lowest BCUT2D eigenvalue weighted by Gasteiger charge is -2.40. The van der Waals surface area contributed by atoms with Crippen LogP contribution in [0.3, 0.4) is 0 Å². The van der Waals surface area contributed by atoms with Gasteiger partial charge in [-0.2, -0.15) is 0 Å². The Bertz CT molecular complexity index is 510. The molecule has 1 heterocycles. The maximum absolute atomic E-state index is 11.2. The number of rotatable bonds is 5. The first-order valence-electron chi connectivity index (χ1n) is 7.45. The molecule has 1 fully saturated rings. The molecule has 21 heavy (non-hydrogen) atoms. The quantitative estimate of drug-likeness (QED) is 0.670. The van der Waals surface area contributed by atoms with Crippen molar-refractivity contribution in [3.05, 3.63) is 38.9 Å². The summed E-state index contributed by atoms with van der Waals surface area (Å²) in [4.78, 5) is 13.2. The van der Waals surface area contributed by atoms with Gasteiger partial charge in [0.2, 0.25) is 0 Å². The lowest BCUT2D eigenvalue weighted by Crippen LogP contribution is -2.55. The van der Waals surface area contributed by atoms with Crippen LogP contribution in [0.4, 0.5) is 5.69 Å². The van der Waals surface area contributed by atoms with Crippen LogP contribution in [0.2, 0.25) is 5.02 Å². The van der Waals surface area contributed by atoms with Gasteiger partial charge in [-0.1, -0.05) is 25.4 Å². The molecular weight excluding hydrogens is 290 g/mol. The van der Waals surface area contributed by atoms with Crippen molar-refractivity contribution >= 4 is 17.3 Å². The standard InChI is InChI=1S/C15H22ClN3O2/c1-3-13-10-18(14(4-2)8-17-13)9-11-5-6-12(16)7-15(11)19(20)21/h5-7,13-14,17H,3-4,8-10H2,1-2H3. The Morgan fingerprint density at radius 3 is 2.81 bits per heavy atom. The van der Waals surface area contributed by atoms with Crippen LogP contribution in [-0.4, -0.2) is 35.0 Å². The molecule has 1 aliphatic heterocycles. The van der Waals surface area contributed by atoms with E-state index >= 15 is 0 Å². The second-order valence-corrected chi connectivity index (χ2v) is 5.97. The number of piperazine rings is 1. The zero-order valence-corrected chi connectivity index (χ0v) is 13.3. The lowest BCUT2D eigenvalue weighted by atomic mass is 10.0. The number of nitro groups is 1. The molecule has 0 spiro atoms. The molecule has 0 radical (unpaired) electrons. The van der Waals surface area contributed by atoms with Crippen LogP contribution < -0.4 is 5.32 Å². The van der Waals surface area contributed by atoms with E-state index in [4.69, 9.17) is 11.6 Å². The van der Waals surface area contributed by atoms with Gasteiger partial charge in [-0.3, -0.25) is 15.0 Å². The number of hydrogen-bond donors (Lipinski definition) is 1. The Morgan fingerprint density at radius 1 is 1.43 bits per heavy atom. The van der Waals surface area contributed by atoms with Crippen LogP contribution in [0.1, 0.15) is 32.3 Å². The van der Waals surface area contributed by atoms with Crippen molar-refractivity contribution < 1.29 is 4.92 Å². The van der Waals surface area contributed by atoms with E-state index in [1.54, 1.807) is 12.1 Å². The highest BCUT2D eigenvalue weighted by atomic mass is 35.5. The molecule has 5 nitrogen and oxygen atoms in total. The van der Waals surface area contributed by atoms with E-state index in [-0.39, 0.29) is 10.6 Å². The predicted octanol–water partition coefficient (Wildman–Crippen LogP) is 3.21. The minimum Gasteiger partial charge on any atom is -0.311 e. The van der Waals surface area contributed by atoms with E-state index in [0.717, 1.165) is 31.5 Å². The molecule has 0 aliphatic carbocycles. The van der Waals surface area contributed by atoms with Crippen molar-refractivity contribution in [2.45, 2.75) is 45.3 Å². The lowest BCUT2D eigenvalue weighted by molar-refractivity contribution is -0.385. The summed E-state index contributed by atoms with van der Waals surface area (Å²) in [6.45, 7) is 6.78. The maximum atomic E-state index is 11.2. The smallest absolute Gasteiger partial charge is 0.275 e.